The van der Waals surface area contributed by atoms with E-state index in [1.807, 2.05) is 67.6 Å². The molecular weight excluding hydrogens is 430 g/mol. The Bertz CT molecular complexity index is 1340. The van der Waals surface area contributed by atoms with E-state index in [4.69, 9.17) is 13.9 Å². The summed E-state index contributed by atoms with van der Waals surface area (Å²) in [6, 6.07) is 24.4. The molecule has 1 aromatic heterocycles. The van der Waals surface area contributed by atoms with E-state index in [9.17, 15) is 9.59 Å². The van der Waals surface area contributed by atoms with Gasteiger partial charge in [0.2, 0.25) is 0 Å². The van der Waals surface area contributed by atoms with Gasteiger partial charge in [-0.1, -0.05) is 54.6 Å². The summed E-state index contributed by atoms with van der Waals surface area (Å²) in [4.78, 5) is 26.5. The van der Waals surface area contributed by atoms with Crippen LogP contribution in [0.1, 0.15) is 11.1 Å². The van der Waals surface area contributed by atoms with E-state index in [2.05, 4.69) is 0 Å². The molecule has 174 valence electrons. The van der Waals surface area contributed by atoms with Crippen molar-refractivity contribution in [2.75, 3.05) is 20.7 Å². The molecule has 0 saturated heterocycles. The highest BCUT2D eigenvalue weighted by Crippen LogP contribution is 2.31. The number of hydrogen-bond donors (Lipinski definition) is 0. The fourth-order valence-electron chi connectivity index (χ4n) is 3.78. The van der Waals surface area contributed by atoms with E-state index >= 15 is 0 Å². The number of benzene rings is 3. The van der Waals surface area contributed by atoms with Gasteiger partial charge in [0.25, 0.3) is 5.91 Å². The van der Waals surface area contributed by atoms with Gasteiger partial charge in [-0.05, 0) is 35.7 Å². The summed E-state index contributed by atoms with van der Waals surface area (Å²) < 4.78 is 17.3. The number of carbonyl (C=O) groups excluding carboxylic acids is 1. The predicted molar refractivity (Wildman–Crippen MR) is 132 cm³/mol. The highest BCUT2D eigenvalue weighted by molar-refractivity contribution is 5.94. The number of carbonyl (C=O) groups is 1. The molecule has 1 amide bonds. The summed E-state index contributed by atoms with van der Waals surface area (Å²) in [7, 11) is 3.34. The van der Waals surface area contributed by atoms with Crippen molar-refractivity contribution in [3.05, 3.63) is 100 Å². The number of nitrogens with zero attached hydrogens (tertiary/aromatic N) is 1. The first kappa shape index (κ1) is 23.3. The van der Waals surface area contributed by atoms with Gasteiger partial charge in [-0.15, -0.1) is 0 Å². The van der Waals surface area contributed by atoms with Gasteiger partial charge in [0, 0.05) is 37.2 Å². The van der Waals surface area contributed by atoms with Crippen LogP contribution in [0.3, 0.4) is 0 Å². The summed E-state index contributed by atoms with van der Waals surface area (Å²) in [6.07, 6.45) is -0.845. The Labute approximate surface area is 198 Å². The third kappa shape index (κ3) is 5.35. The maximum atomic E-state index is 12.7. The van der Waals surface area contributed by atoms with Crippen molar-refractivity contribution in [1.82, 2.24) is 4.90 Å². The Morgan fingerprint density at radius 2 is 1.68 bits per heavy atom. The molecule has 1 atom stereocenters. The van der Waals surface area contributed by atoms with E-state index in [1.165, 1.54) is 11.0 Å². The molecule has 0 bridgehead atoms. The third-order valence-electron chi connectivity index (χ3n) is 5.53. The molecule has 6 heteroatoms. The van der Waals surface area contributed by atoms with Crippen molar-refractivity contribution in [2.24, 2.45) is 0 Å². The number of fused-ring (bicyclic) bond motifs is 1. The van der Waals surface area contributed by atoms with E-state index < -0.39 is 11.7 Å². The number of likely N-dealkylation sites (N-methyl/N-ethyl adjacent to an activating group) is 1. The molecule has 0 radical (unpaired) electrons. The zero-order chi connectivity index (χ0) is 24.1. The van der Waals surface area contributed by atoms with Gasteiger partial charge in [-0.25, -0.2) is 4.79 Å². The molecule has 0 fully saturated rings. The zero-order valence-electron chi connectivity index (χ0n) is 19.5. The minimum Gasteiger partial charge on any atom is -0.478 e. The molecule has 0 aliphatic rings. The number of amides is 1. The second-order valence-electron chi connectivity index (χ2n) is 8.29. The quantitative estimate of drug-likeness (QED) is 0.355. The normalized spacial score (nSPS) is 11.9. The van der Waals surface area contributed by atoms with Gasteiger partial charge in [-0.2, -0.15) is 0 Å². The van der Waals surface area contributed by atoms with Crippen LogP contribution in [-0.4, -0.2) is 37.6 Å². The minimum atomic E-state index is -0.845. The minimum absolute atomic E-state index is 0.0805. The standard InChI is InChI=1S/C28H27NO5/c1-19-9-7-8-12-22(19)24-16-27(30)34-25-15-21(13-14-23(24)25)33-26(28(31)29(2)3)18-32-17-20-10-5-4-6-11-20/h4-16,26H,17-18H2,1-3H3. The Morgan fingerprint density at radius 1 is 0.941 bits per heavy atom. The molecule has 1 heterocycles. The molecule has 0 spiro atoms. The van der Waals surface area contributed by atoms with Crippen molar-refractivity contribution >= 4 is 16.9 Å². The molecule has 4 rings (SSSR count). The lowest BCUT2D eigenvalue weighted by Crippen LogP contribution is -2.40. The van der Waals surface area contributed by atoms with Crippen LogP contribution in [0.4, 0.5) is 0 Å². The summed E-state index contributed by atoms with van der Waals surface area (Å²) in [5.41, 5.74) is 3.77. The summed E-state index contributed by atoms with van der Waals surface area (Å²) >= 11 is 0. The SMILES string of the molecule is Cc1ccccc1-c1cc(=O)oc2cc(OC(COCc3ccccc3)C(=O)N(C)C)ccc12. The molecule has 34 heavy (non-hydrogen) atoms. The van der Waals surface area contributed by atoms with Crippen LogP contribution in [0, 0.1) is 6.92 Å². The number of aryl methyl sites for hydroxylation is 1. The van der Waals surface area contributed by atoms with E-state index in [0.717, 1.165) is 27.6 Å². The summed E-state index contributed by atoms with van der Waals surface area (Å²) in [6.45, 7) is 2.45. The highest BCUT2D eigenvalue weighted by Gasteiger charge is 2.23. The molecule has 0 N–H and O–H groups in total. The molecule has 3 aromatic carbocycles. The van der Waals surface area contributed by atoms with Crippen LogP contribution < -0.4 is 10.4 Å². The van der Waals surface area contributed by atoms with Crippen molar-refractivity contribution in [3.8, 4) is 16.9 Å². The van der Waals surface area contributed by atoms with Gasteiger partial charge in [0.1, 0.15) is 11.3 Å². The van der Waals surface area contributed by atoms with Gasteiger partial charge < -0.3 is 18.8 Å². The Kier molecular flexibility index (Phi) is 7.09. The first-order valence-electron chi connectivity index (χ1n) is 11.1. The second-order valence-corrected chi connectivity index (χ2v) is 8.29. The van der Waals surface area contributed by atoms with E-state index in [0.29, 0.717) is 17.9 Å². The number of hydrogen-bond acceptors (Lipinski definition) is 5. The van der Waals surface area contributed by atoms with Crippen LogP contribution >= 0.6 is 0 Å². The van der Waals surface area contributed by atoms with Crippen molar-refractivity contribution < 1.29 is 18.7 Å². The number of ether oxygens (including phenoxy) is 2. The van der Waals surface area contributed by atoms with Crippen molar-refractivity contribution in [1.29, 1.82) is 0 Å². The zero-order valence-corrected chi connectivity index (χ0v) is 19.5. The van der Waals surface area contributed by atoms with Crippen LogP contribution in [0.5, 0.6) is 5.75 Å². The predicted octanol–water partition coefficient (Wildman–Crippen LogP) is 4.82. The van der Waals surface area contributed by atoms with Crippen molar-refractivity contribution in [3.63, 3.8) is 0 Å². The smallest absolute Gasteiger partial charge is 0.336 e. The topological polar surface area (TPSA) is 69.0 Å². The molecular formula is C28H27NO5. The number of rotatable bonds is 8. The molecule has 0 aliphatic heterocycles. The Balaban J connectivity index is 1.60. The molecule has 1 unspecified atom stereocenters. The lowest BCUT2D eigenvalue weighted by molar-refractivity contribution is -0.139. The third-order valence-corrected chi connectivity index (χ3v) is 5.53. The first-order valence-corrected chi connectivity index (χ1v) is 11.1. The van der Waals surface area contributed by atoms with Gasteiger partial charge in [0.15, 0.2) is 6.10 Å². The molecule has 4 aromatic rings. The maximum absolute atomic E-state index is 12.7. The van der Waals surface area contributed by atoms with Gasteiger partial charge in [0.05, 0.1) is 13.2 Å². The van der Waals surface area contributed by atoms with Crippen LogP contribution in [0.15, 0.2) is 88.1 Å². The molecule has 6 nitrogen and oxygen atoms in total. The Hall–Kier alpha value is -3.90. The summed E-state index contributed by atoms with van der Waals surface area (Å²) in [5, 5.41) is 0.789. The molecule has 0 aliphatic carbocycles. The average molecular weight is 458 g/mol. The Morgan fingerprint density at radius 3 is 2.41 bits per heavy atom. The average Bonchev–Trinajstić information content (AvgIpc) is 2.83. The monoisotopic (exact) mass is 457 g/mol. The van der Waals surface area contributed by atoms with Gasteiger partial charge >= 0.3 is 5.63 Å². The fraction of sp³-hybridized carbons (Fsp3) is 0.214. The second kappa shape index (κ2) is 10.4. The summed E-state index contributed by atoms with van der Waals surface area (Å²) in [5.74, 6) is 0.198. The van der Waals surface area contributed by atoms with E-state index in [1.54, 1.807) is 26.2 Å². The van der Waals surface area contributed by atoms with Crippen LogP contribution in [0.25, 0.3) is 22.1 Å². The maximum Gasteiger partial charge on any atom is 0.336 e. The van der Waals surface area contributed by atoms with Crippen LogP contribution in [0.2, 0.25) is 0 Å². The van der Waals surface area contributed by atoms with Crippen molar-refractivity contribution in [2.45, 2.75) is 19.6 Å². The van der Waals surface area contributed by atoms with E-state index in [-0.39, 0.29) is 12.5 Å². The largest absolute Gasteiger partial charge is 0.478 e. The van der Waals surface area contributed by atoms with Crippen LogP contribution in [-0.2, 0) is 16.1 Å². The fourth-order valence-corrected chi connectivity index (χ4v) is 3.78. The lowest BCUT2D eigenvalue weighted by atomic mass is 9.98. The lowest BCUT2D eigenvalue weighted by Gasteiger charge is -2.22. The first-order chi connectivity index (χ1) is 16.4. The van der Waals surface area contributed by atoms with Gasteiger partial charge in [-0.3, -0.25) is 4.79 Å². The molecule has 0 saturated carbocycles. The highest BCUT2D eigenvalue weighted by atomic mass is 16.5.